The van der Waals surface area contributed by atoms with Gasteiger partial charge in [-0.3, -0.25) is 9.59 Å². The number of rotatable bonds is 2. The van der Waals surface area contributed by atoms with Gasteiger partial charge in [0.2, 0.25) is 0 Å². The van der Waals surface area contributed by atoms with Crippen molar-refractivity contribution in [1.29, 1.82) is 0 Å². The fraction of sp³-hybridized carbons (Fsp3) is 0.750. The molecular weight excluding hydrogens is 352 g/mol. The molecule has 3 fully saturated rings. The minimum Gasteiger partial charge on any atom is -0.458 e. The van der Waals surface area contributed by atoms with Gasteiger partial charge in [-0.15, -0.1) is 6.42 Å². The molecular formula is C24H32O4. The third kappa shape index (κ3) is 2.90. The Morgan fingerprint density at radius 3 is 2.54 bits per heavy atom. The van der Waals surface area contributed by atoms with Crippen LogP contribution in [-0.2, 0) is 19.1 Å². The zero-order valence-corrected chi connectivity index (χ0v) is 17.3. The molecule has 0 radical (unpaired) electrons. The van der Waals surface area contributed by atoms with Crippen molar-refractivity contribution in [3.05, 3.63) is 11.6 Å². The van der Waals surface area contributed by atoms with Crippen molar-refractivity contribution in [3.63, 3.8) is 0 Å². The first-order valence-electron chi connectivity index (χ1n) is 10.8. The van der Waals surface area contributed by atoms with Crippen molar-refractivity contribution in [2.75, 3.05) is 0 Å². The summed E-state index contributed by atoms with van der Waals surface area (Å²) in [6.07, 6.45) is 16.5. The number of fused-ring (bicyclic) bond motifs is 5. The summed E-state index contributed by atoms with van der Waals surface area (Å²) in [5.41, 5.74) is 0.644. The van der Waals surface area contributed by atoms with E-state index in [9.17, 15) is 9.59 Å². The monoisotopic (exact) mass is 384 g/mol. The van der Waals surface area contributed by atoms with Gasteiger partial charge in [0, 0.05) is 19.3 Å². The highest BCUT2D eigenvalue weighted by Crippen LogP contribution is 2.65. The lowest BCUT2D eigenvalue weighted by Crippen LogP contribution is -2.53. The highest BCUT2D eigenvalue weighted by atomic mass is 16.6. The minimum atomic E-state index is -0.739. The normalized spacial score (nSPS) is 44.2. The smallest absolute Gasteiger partial charge is 0.304 e. The molecule has 4 heteroatoms. The van der Waals surface area contributed by atoms with E-state index in [0.29, 0.717) is 23.7 Å². The first-order chi connectivity index (χ1) is 13.3. The van der Waals surface area contributed by atoms with E-state index >= 15 is 0 Å². The molecule has 4 aliphatic carbocycles. The Morgan fingerprint density at radius 2 is 1.86 bits per heavy atom. The Labute approximate surface area is 168 Å². The lowest BCUT2D eigenvalue weighted by molar-refractivity contribution is -0.167. The van der Waals surface area contributed by atoms with E-state index in [2.05, 4.69) is 18.9 Å². The summed E-state index contributed by atoms with van der Waals surface area (Å²) < 4.78 is 11.3. The average molecular weight is 385 g/mol. The number of carbonyl (C=O) groups excluding carboxylic acids is 2. The van der Waals surface area contributed by atoms with Gasteiger partial charge in [0.25, 0.3) is 0 Å². The van der Waals surface area contributed by atoms with Gasteiger partial charge in [-0.2, -0.15) is 0 Å². The fourth-order valence-electron chi connectivity index (χ4n) is 7.28. The molecule has 0 amide bonds. The maximum absolute atomic E-state index is 11.8. The minimum absolute atomic E-state index is 0.0429. The highest BCUT2D eigenvalue weighted by Gasteiger charge is 2.64. The molecule has 0 bridgehead atoms. The van der Waals surface area contributed by atoms with Crippen LogP contribution in [0.25, 0.3) is 0 Å². The maximum atomic E-state index is 11.8. The van der Waals surface area contributed by atoms with Gasteiger partial charge in [0.05, 0.1) is 0 Å². The van der Waals surface area contributed by atoms with Gasteiger partial charge in [0.1, 0.15) is 6.10 Å². The van der Waals surface area contributed by atoms with Gasteiger partial charge in [-0.05, 0) is 81.1 Å². The fourth-order valence-corrected chi connectivity index (χ4v) is 7.28. The van der Waals surface area contributed by atoms with Gasteiger partial charge >= 0.3 is 11.9 Å². The summed E-state index contributed by atoms with van der Waals surface area (Å²) in [6, 6.07) is 0. The van der Waals surface area contributed by atoms with Crippen LogP contribution in [0.4, 0.5) is 0 Å². The second kappa shape index (κ2) is 6.94. The standard InChI is InChI=1S/C24H32O4/c1-5-24(28-16(3)26)13-11-22-21-8-6-17-14-18(27-15(2)25)7-9-19(17)20(21)10-12-23(22,24)4/h1,14,18-22H,6-13H2,2-4H3/t18-,19?,20+,21?,22-,23?,24-/m0/s1. The first kappa shape index (κ1) is 19.6. The Hall–Kier alpha value is -1.76. The summed E-state index contributed by atoms with van der Waals surface area (Å²) in [5, 5.41) is 0. The number of terminal acetylenes is 1. The van der Waals surface area contributed by atoms with Crippen LogP contribution in [0.1, 0.15) is 72.1 Å². The largest absolute Gasteiger partial charge is 0.458 e. The molecule has 0 spiro atoms. The van der Waals surface area contributed by atoms with Crippen LogP contribution in [0.2, 0.25) is 0 Å². The molecule has 0 N–H and O–H groups in total. The zero-order valence-electron chi connectivity index (χ0n) is 17.3. The summed E-state index contributed by atoms with van der Waals surface area (Å²) >= 11 is 0. The second-order valence-corrected chi connectivity index (χ2v) is 9.61. The summed E-state index contributed by atoms with van der Waals surface area (Å²) in [7, 11) is 0. The van der Waals surface area contributed by atoms with Crippen LogP contribution in [0.5, 0.6) is 0 Å². The molecule has 4 aliphatic rings. The van der Waals surface area contributed by atoms with Crippen LogP contribution >= 0.6 is 0 Å². The van der Waals surface area contributed by atoms with E-state index in [-0.39, 0.29) is 23.5 Å². The first-order valence-corrected chi connectivity index (χ1v) is 10.8. The molecule has 7 atom stereocenters. The van der Waals surface area contributed by atoms with Gasteiger partial charge in [0.15, 0.2) is 5.60 Å². The van der Waals surface area contributed by atoms with Crippen molar-refractivity contribution >= 4 is 11.9 Å². The second-order valence-electron chi connectivity index (χ2n) is 9.61. The van der Waals surface area contributed by atoms with Crippen molar-refractivity contribution < 1.29 is 19.1 Å². The zero-order chi connectivity index (χ0) is 20.1. The van der Waals surface area contributed by atoms with Crippen LogP contribution in [-0.4, -0.2) is 23.6 Å². The molecule has 4 rings (SSSR count). The van der Waals surface area contributed by atoms with Gasteiger partial charge < -0.3 is 9.47 Å². The topological polar surface area (TPSA) is 52.6 Å². The van der Waals surface area contributed by atoms with Crippen LogP contribution < -0.4 is 0 Å². The van der Waals surface area contributed by atoms with Crippen molar-refractivity contribution in [2.24, 2.45) is 29.1 Å². The van der Waals surface area contributed by atoms with Crippen molar-refractivity contribution in [1.82, 2.24) is 0 Å². The third-order valence-electron chi connectivity index (χ3n) is 8.40. The molecule has 0 heterocycles. The SMILES string of the molecule is C#C[C@]1(OC(C)=O)CC[C@H]2C3CCC4=C[C@@H](OC(C)=O)CCC4[C@H]3CCC21C. The number of hydrogen-bond acceptors (Lipinski definition) is 4. The number of esters is 2. The molecule has 0 aromatic rings. The molecule has 0 saturated heterocycles. The van der Waals surface area contributed by atoms with E-state index in [0.717, 1.165) is 44.9 Å². The Balaban J connectivity index is 1.57. The highest BCUT2D eigenvalue weighted by molar-refractivity contribution is 5.67. The quantitative estimate of drug-likeness (QED) is 0.402. The van der Waals surface area contributed by atoms with E-state index in [1.165, 1.54) is 25.8 Å². The van der Waals surface area contributed by atoms with Crippen LogP contribution in [0, 0.1) is 41.4 Å². The van der Waals surface area contributed by atoms with E-state index in [1.54, 1.807) is 0 Å². The number of allylic oxidation sites excluding steroid dienone is 1. The Morgan fingerprint density at radius 1 is 1.07 bits per heavy atom. The predicted octanol–water partition coefficient (Wildman–Crippen LogP) is 4.43. The van der Waals surface area contributed by atoms with E-state index in [4.69, 9.17) is 15.9 Å². The van der Waals surface area contributed by atoms with Crippen molar-refractivity contribution in [2.45, 2.75) is 83.8 Å². The third-order valence-corrected chi connectivity index (χ3v) is 8.40. The van der Waals surface area contributed by atoms with Crippen LogP contribution in [0.15, 0.2) is 11.6 Å². The van der Waals surface area contributed by atoms with E-state index in [1.807, 2.05) is 0 Å². The Bertz CT molecular complexity index is 746. The van der Waals surface area contributed by atoms with E-state index < -0.39 is 5.60 Å². The molecule has 152 valence electrons. The predicted molar refractivity (Wildman–Crippen MR) is 106 cm³/mol. The molecule has 0 aromatic heterocycles. The number of hydrogen-bond donors (Lipinski definition) is 0. The lowest BCUT2D eigenvalue weighted by Gasteiger charge is -2.55. The van der Waals surface area contributed by atoms with Gasteiger partial charge in [-0.25, -0.2) is 0 Å². The maximum Gasteiger partial charge on any atom is 0.304 e. The Kier molecular flexibility index (Phi) is 4.84. The van der Waals surface area contributed by atoms with Crippen LogP contribution in [0.3, 0.4) is 0 Å². The molecule has 4 nitrogen and oxygen atoms in total. The summed E-state index contributed by atoms with van der Waals surface area (Å²) in [5.74, 6) is 4.94. The molecule has 3 unspecified atom stereocenters. The number of ether oxygens (including phenoxy) is 2. The number of carbonyl (C=O) groups is 2. The van der Waals surface area contributed by atoms with Gasteiger partial charge in [-0.1, -0.05) is 18.4 Å². The lowest BCUT2D eigenvalue weighted by atomic mass is 9.50. The van der Waals surface area contributed by atoms with Crippen molar-refractivity contribution in [3.8, 4) is 12.3 Å². The summed E-state index contributed by atoms with van der Waals surface area (Å²) in [6.45, 7) is 5.23. The molecule has 3 saturated carbocycles. The summed E-state index contributed by atoms with van der Waals surface area (Å²) in [4.78, 5) is 23.1. The average Bonchev–Trinajstić information content (AvgIpc) is 2.93. The molecule has 0 aliphatic heterocycles. The molecule has 28 heavy (non-hydrogen) atoms. The molecule has 0 aromatic carbocycles.